The van der Waals surface area contributed by atoms with Gasteiger partial charge < -0.3 is 57.5 Å². The molecule has 11 unspecified atom stereocenters. The Morgan fingerprint density at radius 3 is 2.12 bits per heavy atom. The molecule has 16 nitrogen and oxygen atoms in total. The Morgan fingerprint density at radius 2 is 1.58 bits per heavy atom. The molecule has 2 saturated carbocycles. The quantitative estimate of drug-likeness (QED) is 0.0619. The third-order valence-electron chi connectivity index (χ3n) is 16.8. The van der Waals surface area contributed by atoms with Crippen LogP contribution < -0.4 is 5.32 Å². The normalized spacial score (nSPS) is 32.2. The zero-order chi connectivity index (χ0) is 54.0. The summed E-state index contributed by atoms with van der Waals surface area (Å²) in [5, 5.41) is 29.9. The van der Waals surface area contributed by atoms with Crippen molar-refractivity contribution in [1.82, 2.24) is 5.32 Å². The maximum Gasteiger partial charge on any atom is 0.408 e. The van der Waals surface area contributed by atoms with Gasteiger partial charge >= 0.3 is 24.0 Å². The van der Waals surface area contributed by atoms with E-state index in [4.69, 9.17) is 42.0 Å². The van der Waals surface area contributed by atoms with Crippen molar-refractivity contribution >= 4 is 32.3 Å². The maximum atomic E-state index is 15.8. The van der Waals surface area contributed by atoms with E-state index in [0.29, 0.717) is 17.6 Å². The van der Waals surface area contributed by atoms with Gasteiger partial charge in [-0.1, -0.05) is 86.6 Å². The first-order valence-electron chi connectivity index (χ1n) is 26.0. The average molecular weight is 1040 g/mol. The third kappa shape index (κ3) is 9.89. The van der Waals surface area contributed by atoms with Crippen molar-refractivity contribution < 1.29 is 71.4 Å². The minimum absolute atomic E-state index is 0.0173. The Bertz CT molecular complexity index is 2370. The number of furan rings is 1. The van der Waals surface area contributed by atoms with Crippen molar-refractivity contribution in [1.29, 1.82) is 0 Å². The van der Waals surface area contributed by atoms with Crippen LogP contribution in [0.1, 0.15) is 152 Å². The number of allylic oxidation sites excluding steroid dienone is 1. The Labute approximate surface area is 432 Å². The van der Waals surface area contributed by atoms with E-state index in [1.165, 1.54) is 6.26 Å². The molecule has 2 aliphatic heterocycles. The second-order valence-electron chi connectivity index (χ2n) is 24.1. The number of carbonyl (C=O) groups excluding carboxylic acids is 4. The number of esters is 3. The van der Waals surface area contributed by atoms with Gasteiger partial charge in [-0.25, -0.2) is 14.4 Å². The Kier molecular flexibility index (Phi) is 15.7. The molecule has 73 heavy (non-hydrogen) atoms. The molecular weight excluding hydrogens is 955 g/mol. The highest BCUT2D eigenvalue weighted by atomic mass is 28.4. The second-order valence-corrected chi connectivity index (χ2v) is 29.5. The molecule has 1 amide bonds. The number of aliphatic hydroxyl groups excluding tert-OH is 1. The van der Waals surface area contributed by atoms with Crippen LogP contribution in [0, 0.1) is 16.7 Å². The number of alkyl carbamates (subject to hydrolysis) is 1. The third-order valence-corrected chi connectivity index (χ3v) is 22.9. The molecule has 1 aromatic carbocycles. The van der Waals surface area contributed by atoms with Crippen LogP contribution in [0.15, 0.2) is 76.9 Å². The van der Waals surface area contributed by atoms with Crippen molar-refractivity contribution in [2.45, 2.75) is 218 Å². The first kappa shape index (κ1) is 56.4. The van der Waals surface area contributed by atoms with Crippen molar-refractivity contribution in [3.63, 3.8) is 0 Å². The lowest BCUT2D eigenvalue weighted by Gasteiger charge is -2.69. The Balaban J connectivity index is 1.46. The van der Waals surface area contributed by atoms with E-state index in [2.05, 4.69) is 53.4 Å². The van der Waals surface area contributed by atoms with Gasteiger partial charge in [0, 0.05) is 30.1 Å². The Hall–Kier alpha value is -4.36. The van der Waals surface area contributed by atoms with Gasteiger partial charge in [0.2, 0.25) is 8.32 Å². The van der Waals surface area contributed by atoms with Gasteiger partial charge in [-0.2, -0.15) is 0 Å². The summed E-state index contributed by atoms with van der Waals surface area (Å²) in [6, 6.07) is 10.4. The fraction of sp³-hybridized carbons (Fsp3) is 0.679. The summed E-state index contributed by atoms with van der Waals surface area (Å²) in [5.41, 5.74) is -6.37. The summed E-state index contributed by atoms with van der Waals surface area (Å²) in [7, 11) is -3.03. The number of ether oxygens (including phenoxy) is 7. The molecule has 3 aliphatic carbocycles. The lowest BCUT2D eigenvalue weighted by molar-refractivity contribution is -0.363. The molecule has 2 saturated heterocycles. The summed E-state index contributed by atoms with van der Waals surface area (Å²) in [6.07, 6.45) is -6.32. The number of aliphatic hydroxyl groups is 2. The van der Waals surface area contributed by atoms with E-state index in [1.807, 2.05) is 27.7 Å². The topological polar surface area (TPSA) is 208 Å². The van der Waals surface area contributed by atoms with E-state index >= 15 is 4.79 Å². The minimum Gasteiger partial charge on any atom is -0.467 e. The largest absolute Gasteiger partial charge is 0.467 e. The standard InChI is InChI=1S/C56H81NO15Si/c1-17-18-26-40(59)68-55-30-65-39(55)28-38(58)54(16)45(55)47(67-48(60)35-23-20-19-21-24-35)56(63)29-37(34(8)41(52(56,12)13)43-46(54)70-53(14,15)69-43)66-49(61)44(72-73(31(2)3,32(4)5)33(6)7)42(36-25-22-27-64-36)57-50(62)71-51(9,10)11/h17,19-25,27,31-33,37-39,42-47,58,63H,1,18,26,28-30H2,2-16H3,(H,57,62)/t37?,38?,39?,42?,43?,44?,45?,46?,47?,54-,55?,56?/m1/s1. The number of carbonyl (C=O) groups is 4. The summed E-state index contributed by atoms with van der Waals surface area (Å²) < 4.78 is 59.4. The highest BCUT2D eigenvalue weighted by Gasteiger charge is 2.79. The highest BCUT2D eigenvalue weighted by Crippen LogP contribution is 2.67. The molecule has 404 valence electrons. The molecule has 0 radical (unpaired) electrons. The van der Waals surface area contributed by atoms with Crippen LogP contribution in [0.5, 0.6) is 0 Å². The number of hydrogen-bond donors (Lipinski definition) is 3. The van der Waals surface area contributed by atoms with Crippen LogP contribution in [0.3, 0.4) is 0 Å². The van der Waals surface area contributed by atoms with Crippen LogP contribution in [-0.2, 0) is 47.2 Å². The molecular formula is C56H81NO15Si. The average Bonchev–Trinajstić information content (AvgIpc) is 3.94. The predicted octanol–water partition coefficient (Wildman–Crippen LogP) is 9.59. The second kappa shape index (κ2) is 20.3. The molecule has 1 aromatic heterocycles. The van der Waals surface area contributed by atoms with Crippen LogP contribution >= 0.6 is 0 Å². The fourth-order valence-electron chi connectivity index (χ4n) is 13.4. The molecule has 0 spiro atoms. The molecule has 2 bridgehead atoms. The van der Waals surface area contributed by atoms with Crippen molar-refractivity contribution in [2.75, 3.05) is 6.61 Å². The fourth-order valence-corrected chi connectivity index (χ4v) is 18.9. The summed E-state index contributed by atoms with van der Waals surface area (Å²) in [4.78, 5) is 58.4. The van der Waals surface area contributed by atoms with Gasteiger partial charge in [0.05, 0.1) is 36.6 Å². The van der Waals surface area contributed by atoms with E-state index in [9.17, 15) is 24.6 Å². The van der Waals surface area contributed by atoms with E-state index in [1.54, 1.807) is 83.2 Å². The van der Waals surface area contributed by atoms with E-state index < -0.39 is 120 Å². The summed E-state index contributed by atoms with van der Waals surface area (Å²) >= 11 is 0. The van der Waals surface area contributed by atoms with Gasteiger partial charge in [0.25, 0.3) is 0 Å². The number of fused-ring (bicyclic) bond motifs is 8. The van der Waals surface area contributed by atoms with Crippen LogP contribution in [0.4, 0.5) is 4.79 Å². The molecule has 12 atom stereocenters. The lowest BCUT2D eigenvalue weighted by atomic mass is 9.44. The number of hydrogen-bond acceptors (Lipinski definition) is 15. The van der Waals surface area contributed by atoms with Crippen LogP contribution in [-0.4, -0.2) is 114 Å². The lowest BCUT2D eigenvalue weighted by Crippen LogP contribution is -2.82. The zero-order valence-electron chi connectivity index (χ0n) is 45.6. The van der Waals surface area contributed by atoms with Gasteiger partial charge in [0.1, 0.15) is 47.4 Å². The highest BCUT2D eigenvalue weighted by molar-refractivity contribution is 6.77. The van der Waals surface area contributed by atoms with Gasteiger partial charge in [-0.3, -0.25) is 4.79 Å². The maximum absolute atomic E-state index is 15.8. The van der Waals surface area contributed by atoms with Gasteiger partial charge in [-0.15, -0.1) is 6.58 Å². The molecule has 7 rings (SSSR count). The first-order chi connectivity index (χ1) is 33.9. The number of nitrogens with one attached hydrogen (secondary N) is 1. The van der Waals surface area contributed by atoms with Gasteiger partial charge in [-0.05, 0) is 100.0 Å². The summed E-state index contributed by atoms with van der Waals surface area (Å²) in [5.74, 6) is -4.51. The molecule has 2 aromatic rings. The summed E-state index contributed by atoms with van der Waals surface area (Å²) in [6.45, 7) is 32.1. The number of amides is 1. The molecule has 3 N–H and O–H groups in total. The minimum atomic E-state index is -3.03. The van der Waals surface area contributed by atoms with Crippen LogP contribution in [0.25, 0.3) is 0 Å². The molecule has 17 heteroatoms. The smallest absolute Gasteiger partial charge is 0.408 e. The SMILES string of the molecule is C=CCCC(=O)OC12COC1CC(O)[C@@]1(C)C3OC(C)(C)OC3C3=C(C)C(OC(=O)C(O[Si](C(C)C)(C(C)C)C(C)C)C(NC(=O)OC(C)(C)C)c4ccco4)CC(O)(C(OC(=O)c4ccccc4)C21)C3(C)C. The van der Waals surface area contributed by atoms with Crippen molar-refractivity contribution in [3.8, 4) is 0 Å². The van der Waals surface area contributed by atoms with Crippen molar-refractivity contribution in [2.24, 2.45) is 16.7 Å². The number of rotatable bonds is 16. The zero-order valence-corrected chi connectivity index (χ0v) is 46.6. The molecule has 4 fully saturated rings. The monoisotopic (exact) mass is 1040 g/mol. The number of benzene rings is 1. The van der Waals surface area contributed by atoms with Crippen molar-refractivity contribution in [3.05, 3.63) is 83.9 Å². The Morgan fingerprint density at radius 1 is 0.932 bits per heavy atom. The van der Waals surface area contributed by atoms with Gasteiger partial charge in [0.15, 0.2) is 17.5 Å². The first-order valence-corrected chi connectivity index (χ1v) is 28.1. The molecule has 3 heterocycles. The van der Waals surface area contributed by atoms with E-state index in [-0.39, 0.29) is 53.8 Å². The molecule has 5 aliphatic rings. The van der Waals surface area contributed by atoms with Crippen LogP contribution in [0.2, 0.25) is 16.6 Å². The predicted molar refractivity (Wildman–Crippen MR) is 272 cm³/mol. The van der Waals surface area contributed by atoms with E-state index in [0.717, 1.165) is 0 Å².